The molecule has 3 N–H and O–H groups in total. The van der Waals surface area contributed by atoms with Crippen LogP contribution in [0.1, 0.15) is 16.7 Å². The molecule has 3 aromatic rings. The molecular weight excluding hydrogens is 490 g/mol. The Labute approximate surface area is 202 Å². The molecule has 0 aliphatic carbocycles. The highest BCUT2D eigenvalue weighted by molar-refractivity contribution is 7.99. The molecule has 3 nitrogen and oxygen atoms in total. The molecule has 0 heterocycles. The molecule has 3 aromatic carbocycles. The van der Waals surface area contributed by atoms with E-state index in [4.69, 9.17) is 5.84 Å². The molecule has 3 rings (SSSR count). The normalized spacial score (nSPS) is 13.8. The molecule has 10 heteroatoms. The molecule has 0 amide bonds. The Hall–Kier alpha value is -2.95. The van der Waals surface area contributed by atoms with Crippen LogP contribution in [0.2, 0.25) is 0 Å². The number of para-hydroxylation sites is 1. The third-order valence-corrected chi connectivity index (χ3v) is 6.55. The number of hydrogen-bond acceptors (Lipinski definition) is 4. The number of nitrogens with two attached hydrogens (primary N) is 1. The van der Waals surface area contributed by atoms with Crippen LogP contribution in [-0.2, 0) is 11.5 Å². The van der Waals surface area contributed by atoms with Crippen molar-refractivity contribution in [2.24, 2.45) is 5.84 Å². The molecule has 35 heavy (non-hydrogen) atoms. The van der Waals surface area contributed by atoms with Crippen LogP contribution >= 0.6 is 11.8 Å². The van der Waals surface area contributed by atoms with Crippen LogP contribution < -0.4 is 10.9 Å². The number of hydrazine groups is 1. The minimum atomic E-state index is -5.05. The van der Waals surface area contributed by atoms with Crippen molar-refractivity contribution in [2.45, 2.75) is 22.6 Å². The highest BCUT2D eigenvalue weighted by Gasteiger charge is 2.55. The summed E-state index contributed by atoms with van der Waals surface area (Å²) < 4.78 is 81.5. The van der Waals surface area contributed by atoms with Crippen LogP contribution in [-0.4, -0.2) is 23.7 Å². The van der Waals surface area contributed by atoms with Crippen molar-refractivity contribution >= 4 is 29.2 Å². The van der Waals surface area contributed by atoms with E-state index in [1.807, 2.05) is 0 Å². The van der Waals surface area contributed by atoms with E-state index < -0.39 is 41.3 Å². The number of rotatable bonds is 9. The molecule has 0 spiro atoms. The SMILES string of the molecule is C=Cc1cc(C(O)(CSc2ccc(C(F)(F)CF)cc2)C(F)(F)F)ccc1N(N)c1ccccc1. The summed E-state index contributed by atoms with van der Waals surface area (Å²) in [7, 11) is 0. The zero-order valence-corrected chi connectivity index (χ0v) is 19.1. The van der Waals surface area contributed by atoms with Gasteiger partial charge in [0.05, 0.1) is 11.4 Å². The van der Waals surface area contributed by atoms with Crippen LogP contribution in [0.5, 0.6) is 0 Å². The van der Waals surface area contributed by atoms with Crippen LogP contribution in [0.25, 0.3) is 6.08 Å². The van der Waals surface area contributed by atoms with Gasteiger partial charge in [0.25, 0.3) is 0 Å². The summed E-state index contributed by atoms with van der Waals surface area (Å²) in [4.78, 5) is 0.198. The van der Waals surface area contributed by atoms with Gasteiger partial charge < -0.3 is 5.11 Å². The van der Waals surface area contributed by atoms with Crippen LogP contribution in [0.3, 0.4) is 0 Å². The highest BCUT2D eigenvalue weighted by atomic mass is 32.2. The zero-order valence-electron chi connectivity index (χ0n) is 18.3. The van der Waals surface area contributed by atoms with Crippen molar-refractivity contribution in [3.8, 4) is 0 Å². The van der Waals surface area contributed by atoms with Gasteiger partial charge in [-0.3, -0.25) is 5.01 Å². The standard InChI is InChI=1S/C25H22F6N2OS/c1-2-17-14-19(10-13-22(17)33(32)20-6-4-3-5-7-20)23(34,25(29,30)31)16-35-21-11-8-18(9-12-21)24(27,28)15-26/h2-14,34H,1,15-16,32H2. The third-order valence-electron chi connectivity index (χ3n) is 5.38. The number of alkyl halides is 6. The lowest BCUT2D eigenvalue weighted by Crippen LogP contribution is -2.44. The smallest absolute Gasteiger partial charge is 0.376 e. The van der Waals surface area contributed by atoms with E-state index in [2.05, 4.69) is 6.58 Å². The number of anilines is 2. The van der Waals surface area contributed by atoms with Gasteiger partial charge in [0.2, 0.25) is 0 Å². The largest absolute Gasteiger partial charge is 0.422 e. The number of thioether (sulfide) groups is 1. The van der Waals surface area contributed by atoms with E-state index in [9.17, 15) is 31.4 Å². The Morgan fingerprint density at radius 1 is 0.914 bits per heavy atom. The molecule has 0 aliphatic heterocycles. The second-order valence-corrected chi connectivity index (χ2v) is 8.74. The Morgan fingerprint density at radius 3 is 2.06 bits per heavy atom. The van der Waals surface area contributed by atoms with Gasteiger partial charge in [-0.1, -0.05) is 49.1 Å². The summed E-state index contributed by atoms with van der Waals surface area (Å²) in [6, 6.07) is 16.6. The predicted octanol–water partition coefficient (Wildman–Crippen LogP) is 6.94. The Balaban J connectivity index is 1.90. The monoisotopic (exact) mass is 512 g/mol. The third kappa shape index (κ3) is 5.66. The first-order valence-corrected chi connectivity index (χ1v) is 11.2. The van der Waals surface area contributed by atoms with Crippen LogP contribution in [0, 0.1) is 0 Å². The molecule has 0 radical (unpaired) electrons. The van der Waals surface area contributed by atoms with E-state index >= 15 is 0 Å². The molecule has 1 atom stereocenters. The lowest BCUT2D eigenvalue weighted by molar-refractivity contribution is -0.256. The van der Waals surface area contributed by atoms with E-state index in [1.54, 1.807) is 30.3 Å². The van der Waals surface area contributed by atoms with Crippen molar-refractivity contribution in [1.82, 2.24) is 0 Å². The summed E-state index contributed by atoms with van der Waals surface area (Å²) in [5.74, 6) is 1.61. The number of halogens is 6. The minimum absolute atomic E-state index is 0.198. The number of aliphatic hydroxyl groups is 1. The maximum atomic E-state index is 14.1. The lowest BCUT2D eigenvalue weighted by Gasteiger charge is -2.32. The van der Waals surface area contributed by atoms with Crippen molar-refractivity contribution in [1.29, 1.82) is 0 Å². The first-order valence-electron chi connectivity index (χ1n) is 10.3. The van der Waals surface area contributed by atoms with E-state index in [-0.39, 0.29) is 10.5 Å². The number of hydrogen-bond donors (Lipinski definition) is 2. The van der Waals surface area contributed by atoms with E-state index in [1.165, 1.54) is 17.2 Å². The fraction of sp³-hybridized carbons (Fsp3) is 0.200. The maximum Gasteiger partial charge on any atom is 0.422 e. The molecule has 186 valence electrons. The fourth-order valence-electron chi connectivity index (χ4n) is 3.31. The van der Waals surface area contributed by atoms with E-state index in [0.29, 0.717) is 23.1 Å². The average molecular weight is 513 g/mol. The molecule has 0 saturated heterocycles. The summed E-state index contributed by atoms with van der Waals surface area (Å²) in [6.45, 7) is 1.75. The quantitative estimate of drug-likeness (QED) is 0.141. The van der Waals surface area contributed by atoms with Gasteiger partial charge in [0.15, 0.2) is 12.3 Å². The average Bonchev–Trinajstić information content (AvgIpc) is 2.86. The second kappa shape index (κ2) is 10.3. The molecule has 0 bridgehead atoms. The Bertz CT molecular complexity index is 1150. The van der Waals surface area contributed by atoms with Crippen molar-refractivity contribution in [3.63, 3.8) is 0 Å². The van der Waals surface area contributed by atoms with Gasteiger partial charge in [-0.15, -0.1) is 11.8 Å². The van der Waals surface area contributed by atoms with Gasteiger partial charge in [-0.2, -0.15) is 22.0 Å². The van der Waals surface area contributed by atoms with Gasteiger partial charge in [0, 0.05) is 16.2 Å². The molecule has 0 fully saturated rings. The minimum Gasteiger partial charge on any atom is -0.376 e. The molecule has 0 aromatic heterocycles. The molecule has 1 unspecified atom stereocenters. The summed E-state index contributed by atoms with van der Waals surface area (Å²) >= 11 is 0.627. The topological polar surface area (TPSA) is 49.5 Å². The van der Waals surface area contributed by atoms with Crippen molar-refractivity contribution < 1.29 is 31.4 Å². The molecular formula is C25H22F6N2OS. The predicted molar refractivity (Wildman–Crippen MR) is 126 cm³/mol. The summed E-state index contributed by atoms with van der Waals surface area (Å²) in [5, 5.41) is 12.1. The van der Waals surface area contributed by atoms with Gasteiger partial charge in [0.1, 0.15) is 0 Å². The lowest BCUT2D eigenvalue weighted by atomic mass is 9.92. The first-order chi connectivity index (χ1) is 16.4. The van der Waals surface area contributed by atoms with Gasteiger partial charge in [-0.05, 0) is 47.5 Å². The molecule has 0 aliphatic rings. The number of nitrogens with zero attached hydrogens (tertiary/aromatic N) is 1. The zero-order chi connectivity index (χ0) is 25.9. The highest BCUT2D eigenvalue weighted by Crippen LogP contribution is 2.44. The summed E-state index contributed by atoms with van der Waals surface area (Å²) in [5.41, 5.74) is -3.06. The van der Waals surface area contributed by atoms with Gasteiger partial charge in [-0.25, -0.2) is 10.2 Å². The van der Waals surface area contributed by atoms with Crippen molar-refractivity contribution in [2.75, 3.05) is 17.4 Å². The summed E-state index contributed by atoms with van der Waals surface area (Å²) in [6.07, 6.45) is -3.72. The van der Waals surface area contributed by atoms with Crippen LogP contribution in [0.15, 0.2) is 84.3 Å². The van der Waals surface area contributed by atoms with Gasteiger partial charge >= 0.3 is 12.1 Å². The Morgan fingerprint density at radius 2 is 1.51 bits per heavy atom. The first kappa shape index (κ1) is 26.7. The maximum absolute atomic E-state index is 14.1. The molecule has 0 saturated carbocycles. The van der Waals surface area contributed by atoms with Crippen LogP contribution in [0.4, 0.5) is 37.7 Å². The van der Waals surface area contributed by atoms with E-state index in [0.717, 1.165) is 36.4 Å². The number of benzene rings is 3. The van der Waals surface area contributed by atoms with Crippen molar-refractivity contribution in [3.05, 3.63) is 96.1 Å². The second-order valence-electron chi connectivity index (χ2n) is 7.69. The Kier molecular flexibility index (Phi) is 7.88. The fourth-order valence-corrected chi connectivity index (χ4v) is 4.35.